The summed E-state index contributed by atoms with van der Waals surface area (Å²) in [5, 5.41) is 9.51. The van der Waals surface area contributed by atoms with Crippen molar-refractivity contribution < 1.29 is 14.6 Å². The van der Waals surface area contributed by atoms with Gasteiger partial charge in [0.25, 0.3) is 0 Å². The Balaban J connectivity index is 2.81. The van der Waals surface area contributed by atoms with Crippen molar-refractivity contribution in [2.24, 2.45) is 0 Å². The SMILES string of the molecule is CC(O)[C@@]1(C)OC(C)(C)O[C@H]1C. The third kappa shape index (κ3) is 1.49. The van der Waals surface area contributed by atoms with Crippen molar-refractivity contribution in [3.05, 3.63) is 0 Å². The zero-order chi connectivity index (χ0) is 9.57. The molecule has 1 N–H and O–H groups in total. The summed E-state index contributed by atoms with van der Waals surface area (Å²) in [6.45, 7) is 9.23. The second kappa shape index (κ2) is 2.69. The van der Waals surface area contributed by atoms with E-state index >= 15 is 0 Å². The second-order valence-corrected chi connectivity index (χ2v) is 4.12. The lowest BCUT2D eigenvalue weighted by Gasteiger charge is -2.30. The smallest absolute Gasteiger partial charge is 0.164 e. The third-order valence-corrected chi connectivity index (χ3v) is 2.56. The molecule has 1 aliphatic rings. The molecule has 0 aliphatic carbocycles. The van der Waals surface area contributed by atoms with Gasteiger partial charge >= 0.3 is 0 Å². The number of rotatable bonds is 1. The van der Waals surface area contributed by atoms with Crippen molar-refractivity contribution in [3.63, 3.8) is 0 Å². The van der Waals surface area contributed by atoms with Crippen LogP contribution in [0.25, 0.3) is 0 Å². The highest BCUT2D eigenvalue weighted by Gasteiger charge is 2.50. The largest absolute Gasteiger partial charge is 0.390 e. The van der Waals surface area contributed by atoms with Gasteiger partial charge in [0.1, 0.15) is 5.60 Å². The van der Waals surface area contributed by atoms with Gasteiger partial charge in [-0.2, -0.15) is 0 Å². The van der Waals surface area contributed by atoms with Crippen LogP contribution in [0.3, 0.4) is 0 Å². The van der Waals surface area contributed by atoms with Gasteiger partial charge in [-0.1, -0.05) is 0 Å². The molecule has 3 heteroatoms. The first-order valence-corrected chi connectivity index (χ1v) is 4.34. The summed E-state index contributed by atoms with van der Waals surface area (Å²) in [4.78, 5) is 0. The normalized spacial score (nSPS) is 43.0. The molecule has 0 radical (unpaired) electrons. The molecule has 0 aromatic rings. The molecule has 0 bridgehead atoms. The van der Waals surface area contributed by atoms with Gasteiger partial charge < -0.3 is 14.6 Å². The summed E-state index contributed by atoms with van der Waals surface area (Å²) in [6.07, 6.45) is -0.596. The maximum absolute atomic E-state index is 9.51. The molecule has 1 aliphatic heterocycles. The minimum absolute atomic E-state index is 0.0764. The van der Waals surface area contributed by atoms with E-state index in [-0.39, 0.29) is 6.10 Å². The van der Waals surface area contributed by atoms with Crippen LogP contribution in [0.4, 0.5) is 0 Å². The van der Waals surface area contributed by atoms with Crippen LogP contribution < -0.4 is 0 Å². The number of hydrogen-bond donors (Lipinski definition) is 1. The molecule has 1 heterocycles. The van der Waals surface area contributed by atoms with Crippen molar-refractivity contribution in [1.29, 1.82) is 0 Å². The molecule has 1 fully saturated rings. The van der Waals surface area contributed by atoms with Gasteiger partial charge in [-0.05, 0) is 34.6 Å². The lowest BCUT2D eigenvalue weighted by Crippen LogP contribution is -2.45. The summed E-state index contributed by atoms with van der Waals surface area (Å²) in [5.41, 5.74) is -0.580. The van der Waals surface area contributed by atoms with E-state index in [1.165, 1.54) is 0 Å². The van der Waals surface area contributed by atoms with Gasteiger partial charge in [0, 0.05) is 0 Å². The Hall–Kier alpha value is -0.120. The van der Waals surface area contributed by atoms with Crippen LogP contribution in [0.2, 0.25) is 0 Å². The second-order valence-electron chi connectivity index (χ2n) is 4.12. The van der Waals surface area contributed by atoms with Crippen molar-refractivity contribution in [3.8, 4) is 0 Å². The molecule has 1 saturated heterocycles. The molecule has 3 atom stereocenters. The predicted octanol–water partition coefficient (Wildman–Crippen LogP) is 1.30. The summed E-state index contributed by atoms with van der Waals surface area (Å²) in [5.74, 6) is -0.578. The molecule has 0 saturated carbocycles. The summed E-state index contributed by atoms with van der Waals surface area (Å²) in [7, 11) is 0. The van der Waals surface area contributed by atoms with E-state index in [1.54, 1.807) is 6.92 Å². The van der Waals surface area contributed by atoms with Crippen LogP contribution in [0.5, 0.6) is 0 Å². The average molecular weight is 174 g/mol. The third-order valence-electron chi connectivity index (χ3n) is 2.56. The summed E-state index contributed by atoms with van der Waals surface area (Å²) >= 11 is 0. The van der Waals surface area contributed by atoms with E-state index in [4.69, 9.17) is 9.47 Å². The van der Waals surface area contributed by atoms with Crippen LogP contribution in [0.1, 0.15) is 34.6 Å². The van der Waals surface area contributed by atoms with Gasteiger partial charge in [-0.15, -0.1) is 0 Å². The van der Waals surface area contributed by atoms with Crippen LogP contribution >= 0.6 is 0 Å². The van der Waals surface area contributed by atoms with E-state index in [1.807, 2.05) is 27.7 Å². The lowest BCUT2D eigenvalue weighted by atomic mass is 9.95. The first kappa shape index (κ1) is 9.96. The van der Waals surface area contributed by atoms with Gasteiger partial charge in [0.2, 0.25) is 0 Å². The minimum Gasteiger partial charge on any atom is -0.390 e. The van der Waals surface area contributed by atoms with Gasteiger partial charge in [0.05, 0.1) is 12.2 Å². The Morgan fingerprint density at radius 2 is 1.83 bits per heavy atom. The van der Waals surface area contributed by atoms with Crippen molar-refractivity contribution in [2.45, 2.75) is 58.2 Å². The lowest BCUT2D eigenvalue weighted by molar-refractivity contribution is -0.177. The number of aliphatic hydroxyl groups is 1. The van der Waals surface area contributed by atoms with E-state index in [2.05, 4.69) is 0 Å². The van der Waals surface area contributed by atoms with E-state index in [0.717, 1.165) is 0 Å². The fourth-order valence-electron chi connectivity index (χ4n) is 1.60. The molecule has 0 amide bonds. The fourth-order valence-corrected chi connectivity index (χ4v) is 1.60. The first-order chi connectivity index (χ1) is 5.28. The molecular formula is C9H18O3. The van der Waals surface area contributed by atoms with Gasteiger partial charge in [-0.3, -0.25) is 0 Å². The number of hydrogen-bond acceptors (Lipinski definition) is 3. The van der Waals surface area contributed by atoms with Crippen LogP contribution in [-0.2, 0) is 9.47 Å². The maximum atomic E-state index is 9.51. The fraction of sp³-hybridized carbons (Fsp3) is 1.00. The minimum atomic E-state index is -0.580. The first-order valence-electron chi connectivity index (χ1n) is 4.34. The van der Waals surface area contributed by atoms with E-state index < -0.39 is 17.5 Å². The Labute approximate surface area is 73.7 Å². The predicted molar refractivity (Wildman–Crippen MR) is 45.8 cm³/mol. The van der Waals surface area contributed by atoms with E-state index in [9.17, 15) is 5.11 Å². The summed E-state index contributed by atoms with van der Waals surface area (Å²) < 4.78 is 11.2. The van der Waals surface area contributed by atoms with Crippen molar-refractivity contribution in [1.82, 2.24) is 0 Å². The Bertz CT molecular complexity index is 177. The molecule has 0 aromatic carbocycles. The molecule has 0 aromatic heterocycles. The zero-order valence-electron chi connectivity index (χ0n) is 8.42. The number of ether oxygens (including phenoxy) is 2. The highest BCUT2D eigenvalue weighted by Crippen LogP contribution is 2.38. The standard InChI is InChI=1S/C9H18O3/c1-6(10)9(5)7(2)11-8(3,4)12-9/h6-7,10H,1-5H3/t6?,7-,9+/m0/s1. The maximum Gasteiger partial charge on any atom is 0.164 e. The van der Waals surface area contributed by atoms with Crippen molar-refractivity contribution >= 4 is 0 Å². The van der Waals surface area contributed by atoms with Gasteiger partial charge in [-0.25, -0.2) is 0 Å². The Kier molecular flexibility index (Phi) is 2.23. The topological polar surface area (TPSA) is 38.7 Å². The molecule has 12 heavy (non-hydrogen) atoms. The Morgan fingerprint density at radius 1 is 1.33 bits per heavy atom. The monoisotopic (exact) mass is 174 g/mol. The van der Waals surface area contributed by atoms with Gasteiger partial charge in [0.15, 0.2) is 5.79 Å². The van der Waals surface area contributed by atoms with Crippen LogP contribution in [0, 0.1) is 0 Å². The molecule has 1 rings (SSSR count). The highest BCUT2D eigenvalue weighted by atomic mass is 16.8. The summed E-state index contributed by atoms with van der Waals surface area (Å²) in [6, 6.07) is 0. The Morgan fingerprint density at radius 3 is 2.00 bits per heavy atom. The highest BCUT2D eigenvalue weighted by molar-refractivity contribution is 4.94. The number of aliphatic hydroxyl groups excluding tert-OH is 1. The quantitative estimate of drug-likeness (QED) is 0.651. The average Bonchev–Trinajstić information content (AvgIpc) is 2.03. The van der Waals surface area contributed by atoms with Crippen LogP contribution in [-0.4, -0.2) is 28.7 Å². The molecule has 0 spiro atoms. The van der Waals surface area contributed by atoms with E-state index in [0.29, 0.717) is 0 Å². The molecule has 72 valence electrons. The van der Waals surface area contributed by atoms with Crippen molar-refractivity contribution in [2.75, 3.05) is 0 Å². The molecule has 1 unspecified atom stereocenters. The molecular weight excluding hydrogens is 156 g/mol. The van der Waals surface area contributed by atoms with Crippen LogP contribution in [0.15, 0.2) is 0 Å². The zero-order valence-corrected chi connectivity index (χ0v) is 8.42. The molecule has 3 nitrogen and oxygen atoms in total.